The van der Waals surface area contributed by atoms with Crippen molar-refractivity contribution >= 4 is 33.1 Å². The Kier molecular flexibility index (Phi) is 4.22. The normalized spacial score (nSPS) is 22.3. The molecule has 6 nitrogen and oxygen atoms in total. The Bertz CT molecular complexity index is 685. The molecule has 8 heteroatoms. The number of ether oxygens (including phenoxy) is 1. The molecule has 1 fully saturated rings. The fraction of sp³-hybridized carbons (Fsp3) is 0.571. The van der Waals surface area contributed by atoms with E-state index in [1.54, 1.807) is 0 Å². The van der Waals surface area contributed by atoms with Crippen molar-refractivity contribution in [1.82, 2.24) is 5.32 Å². The van der Waals surface area contributed by atoms with Crippen LogP contribution in [0.3, 0.4) is 0 Å². The molecule has 1 atom stereocenters. The Labute approximate surface area is 132 Å². The van der Waals surface area contributed by atoms with Gasteiger partial charge >= 0.3 is 5.97 Å². The molecule has 1 aromatic rings. The van der Waals surface area contributed by atoms with E-state index in [1.165, 1.54) is 21.8 Å². The lowest BCUT2D eigenvalue weighted by atomic mass is 10.2. The van der Waals surface area contributed by atoms with Crippen LogP contribution in [0, 0.1) is 0 Å². The first-order valence-corrected chi connectivity index (χ1v) is 9.85. The molecule has 1 unspecified atom stereocenters. The minimum absolute atomic E-state index is 0.0374. The largest absolute Gasteiger partial charge is 0.451 e. The first kappa shape index (κ1) is 15.5. The van der Waals surface area contributed by atoms with Gasteiger partial charge in [-0.3, -0.25) is 4.79 Å². The highest BCUT2D eigenvalue weighted by molar-refractivity contribution is 7.91. The van der Waals surface area contributed by atoms with Gasteiger partial charge in [-0.1, -0.05) is 0 Å². The Hall–Kier alpha value is -1.41. The Morgan fingerprint density at radius 3 is 2.86 bits per heavy atom. The van der Waals surface area contributed by atoms with E-state index in [2.05, 4.69) is 5.32 Å². The number of nitrogens with one attached hydrogen (secondary N) is 1. The summed E-state index contributed by atoms with van der Waals surface area (Å²) in [6, 6.07) is 1.47. The van der Waals surface area contributed by atoms with Crippen molar-refractivity contribution in [3.63, 3.8) is 0 Å². The highest BCUT2D eigenvalue weighted by atomic mass is 32.2. The highest BCUT2D eigenvalue weighted by Crippen LogP contribution is 2.30. The Morgan fingerprint density at radius 2 is 2.18 bits per heavy atom. The summed E-state index contributed by atoms with van der Waals surface area (Å²) in [6.45, 7) is -0.377. The average Bonchev–Trinajstić information content (AvgIpc) is 3.10. The lowest BCUT2D eigenvalue weighted by Crippen LogP contribution is -2.38. The molecule has 2 aliphatic rings. The van der Waals surface area contributed by atoms with Crippen molar-refractivity contribution in [3.05, 3.63) is 21.4 Å². The number of fused-ring (bicyclic) bond motifs is 1. The van der Waals surface area contributed by atoms with Gasteiger partial charge in [-0.15, -0.1) is 11.3 Å². The predicted octanol–water partition coefficient (Wildman–Crippen LogP) is 0.697. The fourth-order valence-corrected chi connectivity index (χ4v) is 5.63. The number of thiophene rings is 1. The molecule has 0 aromatic carbocycles. The molecule has 22 heavy (non-hydrogen) atoms. The number of carbonyl (C=O) groups excluding carboxylic acids is 2. The van der Waals surface area contributed by atoms with Crippen molar-refractivity contribution in [2.45, 2.75) is 31.7 Å². The second-order valence-corrected chi connectivity index (χ2v) is 9.02. The first-order valence-electron chi connectivity index (χ1n) is 7.21. The molecule has 0 radical (unpaired) electrons. The number of hydrogen-bond donors (Lipinski definition) is 1. The topological polar surface area (TPSA) is 89.5 Å². The standard InChI is InChI=1S/C14H17NO5S2/c16-13(15-10-4-5-22(18,19)8-10)7-20-14(17)12-6-9-2-1-3-11(9)21-12/h6,10H,1-5,7-8H2,(H,15,16). The highest BCUT2D eigenvalue weighted by Gasteiger charge is 2.29. The zero-order valence-corrected chi connectivity index (χ0v) is 13.6. The van der Waals surface area contributed by atoms with E-state index in [0.717, 1.165) is 19.3 Å². The maximum Gasteiger partial charge on any atom is 0.348 e. The molecule has 120 valence electrons. The average molecular weight is 343 g/mol. The minimum Gasteiger partial charge on any atom is -0.451 e. The number of carbonyl (C=O) groups is 2. The monoisotopic (exact) mass is 343 g/mol. The van der Waals surface area contributed by atoms with Gasteiger partial charge in [-0.2, -0.15) is 0 Å². The zero-order valence-electron chi connectivity index (χ0n) is 12.0. The summed E-state index contributed by atoms with van der Waals surface area (Å²) < 4.78 is 27.6. The van der Waals surface area contributed by atoms with E-state index in [4.69, 9.17) is 4.74 Å². The van der Waals surface area contributed by atoms with Crippen LogP contribution in [0.25, 0.3) is 0 Å². The number of aryl methyl sites for hydroxylation is 2. The van der Waals surface area contributed by atoms with Crippen LogP contribution in [0.4, 0.5) is 0 Å². The lowest BCUT2D eigenvalue weighted by Gasteiger charge is -2.10. The number of esters is 1. The molecule has 1 aromatic heterocycles. The minimum atomic E-state index is -3.03. The molecule has 0 spiro atoms. The van der Waals surface area contributed by atoms with Crippen molar-refractivity contribution in [2.75, 3.05) is 18.1 Å². The second-order valence-electron chi connectivity index (χ2n) is 5.66. The van der Waals surface area contributed by atoms with Crippen LogP contribution in [0.2, 0.25) is 0 Å². The summed E-state index contributed by atoms with van der Waals surface area (Å²) >= 11 is 1.43. The molecule has 3 rings (SSSR count). The summed E-state index contributed by atoms with van der Waals surface area (Å²) in [5, 5.41) is 2.59. The fourth-order valence-electron chi connectivity index (χ4n) is 2.81. The molecule has 1 amide bonds. The Morgan fingerprint density at radius 1 is 1.36 bits per heavy atom. The van der Waals surface area contributed by atoms with Gasteiger partial charge in [-0.25, -0.2) is 13.2 Å². The van der Waals surface area contributed by atoms with E-state index >= 15 is 0 Å². The molecular weight excluding hydrogens is 326 g/mol. The number of amides is 1. The van der Waals surface area contributed by atoms with Crippen molar-refractivity contribution in [1.29, 1.82) is 0 Å². The van der Waals surface area contributed by atoms with Crippen LogP contribution in [-0.4, -0.2) is 44.4 Å². The third-order valence-corrected chi connectivity index (χ3v) is 6.86. The first-order chi connectivity index (χ1) is 10.4. The van der Waals surface area contributed by atoms with E-state index < -0.39 is 21.7 Å². The van der Waals surface area contributed by atoms with Gasteiger partial charge in [0.25, 0.3) is 5.91 Å². The smallest absolute Gasteiger partial charge is 0.348 e. The van der Waals surface area contributed by atoms with Gasteiger partial charge in [0, 0.05) is 10.9 Å². The molecule has 2 heterocycles. The molecular formula is C14H17NO5S2. The lowest BCUT2D eigenvalue weighted by molar-refractivity contribution is -0.124. The van der Waals surface area contributed by atoms with Crippen LogP contribution >= 0.6 is 11.3 Å². The maximum atomic E-state index is 11.9. The van der Waals surface area contributed by atoms with E-state index in [-0.39, 0.29) is 24.2 Å². The van der Waals surface area contributed by atoms with Gasteiger partial charge < -0.3 is 10.1 Å². The molecule has 1 N–H and O–H groups in total. The third-order valence-electron chi connectivity index (χ3n) is 3.88. The third kappa shape index (κ3) is 3.49. The van der Waals surface area contributed by atoms with Gasteiger partial charge in [0.05, 0.1) is 11.5 Å². The van der Waals surface area contributed by atoms with Gasteiger partial charge in [-0.05, 0) is 37.3 Å². The molecule has 0 saturated carbocycles. The molecule has 0 bridgehead atoms. The zero-order chi connectivity index (χ0) is 15.7. The predicted molar refractivity (Wildman–Crippen MR) is 81.8 cm³/mol. The maximum absolute atomic E-state index is 11.9. The van der Waals surface area contributed by atoms with Gasteiger partial charge in [0.1, 0.15) is 4.88 Å². The quantitative estimate of drug-likeness (QED) is 0.813. The van der Waals surface area contributed by atoms with Crippen molar-refractivity contribution < 1.29 is 22.7 Å². The molecule has 1 saturated heterocycles. The van der Waals surface area contributed by atoms with E-state index in [9.17, 15) is 18.0 Å². The number of rotatable bonds is 4. The molecule has 1 aliphatic heterocycles. The van der Waals surface area contributed by atoms with Crippen LogP contribution in [-0.2, 0) is 32.2 Å². The summed E-state index contributed by atoms with van der Waals surface area (Å²) in [7, 11) is -3.03. The number of hydrogen-bond acceptors (Lipinski definition) is 6. The van der Waals surface area contributed by atoms with Crippen molar-refractivity contribution in [2.24, 2.45) is 0 Å². The van der Waals surface area contributed by atoms with Gasteiger partial charge in [0.2, 0.25) is 0 Å². The van der Waals surface area contributed by atoms with Gasteiger partial charge in [0.15, 0.2) is 16.4 Å². The van der Waals surface area contributed by atoms with E-state index in [1.807, 2.05) is 6.07 Å². The summed E-state index contributed by atoms with van der Waals surface area (Å²) in [5.74, 6) is -0.892. The summed E-state index contributed by atoms with van der Waals surface area (Å²) in [6.07, 6.45) is 3.54. The van der Waals surface area contributed by atoms with Crippen LogP contribution in [0.15, 0.2) is 6.07 Å². The van der Waals surface area contributed by atoms with Crippen LogP contribution < -0.4 is 5.32 Å². The van der Waals surface area contributed by atoms with Crippen LogP contribution in [0.5, 0.6) is 0 Å². The molecule has 1 aliphatic carbocycles. The van der Waals surface area contributed by atoms with E-state index in [0.29, 0.717) is 11.3 Å². The number of sulfone groups is 1. The summed E-state index contributed by atoms with van der Waals surface area (Å²) in [4.78, 5) is 25.4. The van der Waals surface area contributed by atoms with Crippen LogP contribution in [0.1, 0.15) is 33.0 Å². The van der Waals surface area contributed by atoms with Crippen molar-refractivity contribution in [3.8, 4) is 0 Å². The summed E-state index contributed by atoms with van der Waals surface area (Å²) in [5.41, 5.74) is 1.21. The SMILES string of the molecule is O=C(COC(=O)c1cc2c(s1)CCC2)NC1CCS(=O)(=O)C1. The second kappa shape index (κ2) is 6.00. The Balaban J connectivity index is 1.47.